The molecule has 0 aromatic heterocycles. The Bertz CT molecular complexity index is 429. The number of halogens is 3. The van der Waals surface area contributed by atoms with E-state index in [2.05, 4.69) is 0 Å². The Morgan fingerprint density at radius 3 is 2.21 bits per heavy atom. The smallest absolute Gasteiger partial charge is 0.332 e. The van der Waals surface area contributed by atoms with Crippen LogP contribution >= 0.6 is 0 Å². The molecule has 1 amide bonds. The van der Waals surface area contributed by atoms with E-state index in [1.165, 1.54) is 13.8 Å². The molecule has 19 heavy (non-hydrogen) atoms. The van der Waals surface area contributed by atoms with Gasteiger partial charge in [0.05, 0.1) is 0 Å². The van der Waals surface area contributed by atoms with Gasteiger partial charge in [0.2, 0.25) is 5.91 Å². The molecule has 1 unspecified atom stereocenters. The summed E-state index contributed by atoms with van der Waals surface area (Å²) in [5.74, 6) is -0.737. The number of nitrogens with zero attached hydrogens (tertiary/aromatic N) is 1. The van der Waals surface area contributed by atoms with Crippen LogP contribution in [0.25, 0.3) is 0 Å². The van der Waals surface area contributed by atoms with E-state index in [0.29, 0.717) is 10.5 Å². The molecule has 0 fully saturated rings. The largest absolute Gasteiger partial charge is 0.406 e. The van der Waals surface area contributed by atoms with Gasteiger partial charge in [-0.05, 0) is 19.4 Å². The maximum atomic E-state index is 12.4. The molecule has 0 aliphatic carbocycles. The van der Waals surface area contributed by atoms with E-state index < -0.39 is 24.2 Å². The second kappa shape index (κ2) is 5.61. The zero-order valence-corrected chi connectivity index (χ0v) is 10.9. The topological polar surface area (TPSA) is 46.3 Å². The third-order valence-corrected chi connectivity index (χ3v) is 2.86. The standard InChI is InChI=1S/C13H17F3N2O/c1-3-18(9-13(14,15)16)11(19)12(2,17)10-7-5-4-6-8-10/h4-8H,3,9,17H2,1-2H3. The lowest BCUT2D eigenvalue weighted by Gasteiger charge is -2.31. The first-order valence-corrected chi connectivity index (χ1v) is 5.89. The van der Waals surface area contributed by atoms with Gasteiger partial charge in [-0.25, -0.2) is 0 Å². The second-order valence-corrected chi connectivity index (χ2v) is 4.50. The number of amides is 1. The first-order chi connectivity index (χ1) is 8.68. The predicted octanol–water partition coefficient (Wildman–Crippen LogP) is 2.27. The predicted molar refractivity (Wildman–Crippen MR) is 66.3 cm³/mol. The minimum atomic E-state index is -4.43. The van der Waals surface area contributed by atoms with Gasteiger partial charge in [-0.15, -0.1) is 0 Å². The Labute approximate surface area is 110 Å². The van der Waals surface area contributed by atoms with Gasteiger partial charge in [0, 0.05) is 6.54 Å². The molecule has 0 radical (unpaired) electrons. The molecule has 1 atom stereocenters. The fourth-order valence-electron chi connectivity index (χ4n) is 1.78. The van der Waals surface area contributed by atoms with Crippen LogP contribution in [0, 0.1) is 0 Å². The number of rotatable bonds is 4. The van der Waals surface area contributed by atoms with Crippen molar-refractivity contribution in [1.82, 2.24) is 4.90 Å². The minimum Gasteiger partial charge on any atom is -0.332 e. The summed E-state index contributed by atoms with van der Waals surface area (Å²) in [5, 5.41) is 0. The van der Waals surface area contributed by atoms with Crippen LogP contribution in [0.1, 0.15) is 19.4 Å². The summed E-state index contributed by atoms with van der Waals surface area (Å²) in [6, 6.07) is 8.37. The van der Waals surface area contributed by atoms with Crippen molar-refractivity contribution in [3.63, 3.8) is 0 Å². The van der Waals surface area contributed by atoms with Gasteiger partial charge in [-0.3, -0.25) is 4.79 Å². The first kappa shape index (κ1) is 15.5. The fraction of sp³-hybridized carbons (Fsp3) is 0.462. The second-order valence-electron chi connectivity index (χ2n) is 4.50. The van der Waals surface area contributed by atoms with Crippen molar-refractivity contribution in [1.29, 1.82) is 0 Å². The Hall–Kier alpha value is -1.56. The van der Waals surface area contributed by atoms with Crippen molar-refractivity contribution >= 4 is 5.91 Å². The summed E-state index contributed by atoms with van der Waals surface area (Å²) >= 11 is 0. The summed E-state index contributed by atoms with van der Waals surface area (Å²) in [6.07, 6.45) is -4.43. The molecule has 0 bridgehead atoms. The average Bonchev–Trinajstić information content (AvgIpc) is 2.35. The summed E-state index contributed by atoms with van der Waals surface area (Å²) in [4.78, 5) is 12.9. The zero-order chi connectivity index (χ0) is 14.7. The first-order valence-electron chi connectivity index (χ1n) is 5.89. The third kappa shape index (κ3) is 3.96. The van der Waals surface area contributed by atoms with E-state index in [0.717, 1.165) is 0 Å². The Kier molecular flexibility index (Phi) is 4.57. The van der Waals surface area contributed by atoms with Crippen molar-refractivity contribution in [3.8, 4) is 0 Å². The molecule has 1 aromatic carbocycles. The molecule has 106 valence electrons. The summed E-state index contributed by atoms with van der Waals surface area (Å²) in [6.45, 7) is 1.58. The summed E-state index contributed by atoms with van der Waals surface area (Å²) < 4.78 is 37.2. The van der Waals surface area contributed by atoms with Crippen molar-refractivity contribution < 1.29 is 18.0 Å². The number of likely N-dealkylation sites (N-methyl/N-ethyl adjacent to an activating group) is 1. The molecule has 1 aromatic rings. The maximum absolute atomic E-state index is 12.4. The van der Waals surface area contributed by atoms with Gasteiger partial charge in [0.15, 0.2) is 0 Å². The van der Waals surface area contributed by atoms with Gasteiger partial charge >= 0.3 is 6.18 Å². The van der Waals surface area contributed by atoms with Crippen LogP contribution in [0.4, 0.5) is 13.2 Å². The lowest BCUT2D eigenvalue weighted by atomic mass is 9.91. The number of alkyl halides is 3. The molecule has 0 heterocycles. The number of benzene rings is 1. The highest BCUT2D eigenvalue weighted by Crippen LogP contribution is 2.23. The van der Waals surface area contributed by atoms with Crippen LogP contribution in [0.2, 0.25) is 0 Å². The van der Waals surface area contributed by atoms with Gasteiger partial charge in [0.25, 0.3) is 0 Å². The molecule has 6 heteroatoms. The van der Waals surface area contributed by atoms with E-state index in [4.69, 9.17) is 5.73 Å². The van der Waals surface area contributed by atoms with Crippen LogP contribution in [0.3, 0.4) is 0 Å². The molecular weight excluding hydrogens is 257 g/mol. The van der Waals surface area contributed by atoms with Gasteiger partial charge in [-0.1, -0.05) is 30.3 Å². The normalized spacial score (nSPS) is 14.8. The molecule has 0 saturated heterocycles. The molecule has 2 N–H and O–H groups in total. The fourth-order valence-corrected chi connectivity index (χ4v) is 1.78. The molecule has 3 nitrogen and oxygen atoms in total. The van der Waals surface area contributed by atoms with Crippen molar-refractivity contribution in [2.24, 2.45) is 5.73 Å². The summed E-state index contributed by atoms with van der Waals surface area (Å²) in [7, 11) is 0. The van der Waals surface area contributed by atoms with Crippen molar-refractivity contribution in [2.75, 3.05) is 13.1 Å². The van der Waals surface area contributed by atoms with E-state index in [-0.39, 0.29) is 6.54 Å². The quantitative estimate of drug-likeness (QED) is 0.915. The minimum absolute atomic E-state index is 0.0437. The maximum Gasteiger partial charge on any atom is 0.406 e. The van der Waals surface area contributed by atoms with Crippen molar-refractivity contribution in [3.05, 3.63) is 35.9 Å². The SMILES string of the molecule is CCN(CC(F)(F)F)C(=O)C(C)(N)c1ccccc1. The van der Waals surface area contributed by atoms with Gasteiger partial charge in [-0.2, -0.15) is 13.2 Å². The summed E-state index contributed by atoms with van der Waals surface area (Å²) in [5.41, 5.74) is 4.94. The Morgan fingerprint density at radius 1 is 1.26 bits per heavy atom. The number of hydrogen-bond acceptors (Lipinski definition) is 2. The number of carbonyl (C=O) groups excluding carboxylic acids is 1. The van der Waals surface area contributed by atoms with Crippen LogP contribution < -0.4 is 5.73 Å². The molecule has 0 aliphatic heterocycles. The number of hydrogen-bond donors (Lipinski definition) is 1. The highest BCUT2D eigenvalue weighted by molar-refractivity contribution is 5.87. The molecule has 0 saturated carbocycles. The van der Waals surface area contributed by atoms with Crippen molar-refractivity contribution in [2.45, 2.75) is 25.6 Å². The molecule has 0 spiro atoms. The van der Waals surface area contributed by atoms with E-state index in [1.54, 1.807) is 30.3 Å². The molecule has 1 rings (SSSR count). The Balaban J connectivity index is 2.97. The van der Waals surface area contributed by atoms with Crippen LogP contribution in [-0.4, -0.2) is 30.1 Å². The zero-order valence-electron chi connectivity index (χ0n) is 10.9. The number of nitrogens with two attached hydrogens (primary N) is 1. The monoisotopic (exact) mass is 274 g/mol. The number of carbonyl (C=O) groups is 1. The third-order valence-electron chi connectivity index (χ3n) is 2.86. The average molecular weight is 274 g/mol. The van der Waals surface area contributed by atoms with Gasteiger partial charge < -0.3 is 10.6 Å². The highest BCUT2D eigenvalue weighted by Gasteiger charge is 2.39. The molecule has 0 aliphatic rings. The van der Waals surface area contributed by atoms with Crippen LogP contribution in [0.15, 0.2) is 30.3 Å². The van der Waals surface area contributed by atoms with E-state index >= 15 is 0 Å². The van der Waals surface area contributed by atoms with E-state index in [9.17, 15) is 18.0 Å². The highest BCUT2D eigenvalue weighted by atomic mass is 19.4. The van der Waals surface area contributed by atoms with Gasteiger partial charge in [0.1, 0.15) is 12.1 Å². The van der Waals surface area contributed by atoms with Crippen LogP contribution in [-0.2, 0) is 10.3 Å². The van der Waals surface area contributed by atoms with Crippen LogP contribution in [0.5, 0.6) is 0 Å². The van der Waals surface area contributed by atoms with E-state index in [1.807, 2.05) is 0 Å². The lowest BCUT2D eigenvalue weighted by Crippen LogP contribution is -2.53. The molecular formula is C13H17F3N2O. The lowest BCUT2D eigenvalue weighted by molar-refractivity contribution is -0.164. The Morgan fingerprint density at radius 2 is 1.79 bits per heavy atom.